The molecule has 1 aliphatic heterocycles. The van der Waals surface area contributed by atoms with Crippen LogP contribution in [-0.4, -0.2) is 59.0 Å². The molecule has 130 valence electrons. The van der Waals surface area contributed by atoms with Gasteiger partial charge in [0.1, 0.15) is 0 Å². The number of rotatable bonds is 5. The van der Waals surface area contributed by atoms with Crippen molar-refractivity contribution >= 4 is 33.0 Å². The number of imidazole rings is 1. The van der Waals surface area contributed by atoms with Crippen LogP contribution >= 0.6 is 11.8 Å². The van der Waals surface area contributed by atoms with Crippen LogP contribution in [-0.2, 0) is 9.84 Å². The molecule has 3 heterocycles. The molecule has 0 spiro atoms. The number of aromatic nitrogens is 2. The molecule has 1 aliphatic rings. The average molecular weight is 367 g/mol. The lowest BCUT2D eigenvalue weighted by Crippen LogP contribution is -2.41. The van der Waals surface area contributed by atoms with E-state index >= 15 is 0 Å². The number of fused-ring (bicyclic) bond motifs is 1. The van der Waals surface area contributed by atoms with Gasteiger partial charge in [0.15, 0.2) is 20.7 Å². The van der Waals surface area contributed by atoms with E-state index in [0.717, 1.165) is 17.1 Å². The van der Waals surface area contributed by atoms with Gasteiger partial charge >= 0.3 is 0 Å². The van der Waals surface area contributed by atoms with Crippen molar-refractivity contribution in [3.05, 3.63) is 30.1 Å². The van der Waals surface area contributed by atoms with Crippen LogP contribution in [0, 0.1) is 0 Å². The first-order valence-corrected chi connectivity index (χ1v) is 11.0. The van der Waals surface area contributed by atoms with E-state index < -0.39 is 9.84 Å². The first kappa shape index (κ1) is 17.3. The Bertz CT molecular complexity index is 861. The van der Waals surface area contributed by atoms with Crippen molar-refractivity contribution in [1.29, 1.82) is 0 Å². The SMILES string of the molecule is CCCN(C(=O)c1nc(SC)n2ccccc12)C1CCS(=O)(=O)C1. The minimum absolute atomic E-state index is 0.0555. The molecule has 1 unspecified atom stereocenters. The first-order chi connectivity index (χ1) is 11.5. The van der Waals surface area contributed by atoms with Gasteiger partial charge in [0, 0.05) is 18.8 Å². The van der Waals surface area contributed by atoms with E-state index in [0.29, 0.717) is 18.7 Å². The highest BCUT2D eigenvalue weighted by atomic mass is 32.2. The number of thioether (sulfide) groups is 1. The topological polar surface area (TPSA) is 71.8 Å². The highest BCUT2D eigenvalue weighted by Gasteiger charge is 2.35. The molecule has 2 aromatic heterocycles. The second-order valence-electron chi connectivity index (χ2n) is 5.96. The predicted molar refractivity (Wildman–Crippen MR) is 95.4 cm³/mol. The van der Waals surface area contributed by atoms with Gasteiger partial charge in [0.2, 0.25) is 0 Å². The fraction of sp³-hybridized carbons (Fsp3) is 0.500. The van der Waals surface area contributed by atoms with Gasteiger partial charge in [-0.25, -0.2) is 13.4 Å². The summed E-state index contributed by atoms with van der Waals surface area (Å²) in [6, 6.07) is 5.40. The van der Waals surface area contributed by atoms with Crippen molar-refractivity contribution < 1.29 is 13.2 Å². The third-order valence-electron chi connectivity index (χ3n) is 4.28. The van der Waals surface area contributed by atoms with Crippen LogP contribution in [0.4, 0.5) is 0 Å². The molecule has 2 aromatic rings. The molecule has 0 saturated carbocycles. The molecule has 1 saturated heterocycles. The summed E-state index contributed by atoms with van der Waals surface area (Å²) in [7, 11) is -3.04. The smallest absolute Gasteiger partial charge is 0.275 e. The van der Waals surface area contributed by atoms with Crippen LogP contribution in [0.5, 0.6) is 0 Å². The summed E-state index contributed by atoms with van der Waals surface area (Å²) >= 11 is 1.48. The summed E-state index contributed by atoms with van der Waals surface area (Å²) < 4.78 is 25.5. The fourth-order valence-electron chi connectivity index (χ4n) is 3.16. The standard InChI is InChI=1S/C16H21N3O3S2/c1-3-8-18(12-7-10-24(21,22)11-12)15(20)14-13-6-4-5-9-19(13)16(17-14)23-2/h4-6,9,12H,3,7-8,10-11H2,1-2H3. The summed E-state index contributed by atoms with van der Waals surface area (Å²) in [5, 5.41) is 0.754. The Morgan fingerprint density at radius 1 is 1.46 bits per heavy atom. The Balaban J connectivity index is 1.99. The number of pyridine rings is 1. The molecule has 1 fully saturated rings. The molecule has 6 nitrogen and oxygen atoms in total. The zero-order chi connectivity index (χ0) is 17.3. The minimum atomic E-state index is -3.04. The van der Waals surface area contributed by atoms with Crippen LogP contribution in [0.1, 0.15) is 30.3 Å². The van der Waals surface area contributed by atoms with E-state index in [-0.39, 0.29) is 23.5 Å². The van der Waals surface area contributed by atoms with Gasteiger partial charge in [0.05, 0.1) is 17.0 Å². The normalized spacial score (nSPS) is 19.7. The van der Waals surface area contributed by atoms with Crippen LogP contribution < -0.4 is 0 Å². The predicted octanol–water partition coefficient (Wildman–Crippen LogP) is 2.10. The van der Waals surface area contributed by atoms with Crippen molar-refractivity contribution in [2.75, 3.05) is 24.3 Å². The van der Waals surface area contributed by atoms with Gasteiger partial charge in [-0.1, -0.05) is 24.8 Å². The highest BCUT2D eigenvalue weighted by Crippen LogP contribution is 2.24. The van der Waals surface area contributed by atoms with Crippen LogP contribution in [0.3, 0.4) is 0 Å². The Labute approximate surface area is 146 Å². The first-order valence-electron chi connectivity index (χ1n) is 7.99. The van der Waals surface area contributed by atoms with E-state index in [4.69, 9.17) is 0 Å². The number of hydrogen-bond acceptors (Lipinski definition) is 5. The molecular formula is C16H21N3O3S2. The lowest BCUT2D eigenvalue weighted by atomic mass is 10.2. The molecule has 0 aliphatic carbocycles. The minimum Gasteiger partial charge on any atom is -0.333 e. The summed E-state index contributed by atoms with van der Waals surface area (Å²) in [6.07, 6.45) is 5.09. The number of nitrogens with zero attached hydrogens (tertiary/aromatic N) is 3. The fourth-order valence-corrected chi connectivity index (χ4v) is 5.43. The molecule has 3 rings (SSSR count). The number of hydrogen-bond donors (Lipinski definition) is 0. The van der Waals surface area contributed by atoms with Crippen molar-refractivity contribution in [3.63, 3.8) is 0 Å². The van der Waals surface area contributed by atoms with Gasteiger partial charge in [0.25, 0.3) is 5.91 Å². The summed E-state index contributed by atoms with van der Waals surface area (Å²) in [4.78, 5) is 19.3. The number of sulfone groups is 1. The largest absolute Gasteiger partial charge is 0.333 e. The molecule has 1 atom stereocenters. The van der Waals surface area contributed by atoms with Crippen molar-refractivity contribution in [2.45, 2.75) is 31.0 Å². The number of carbonyl (C=O) groups excluding carboxylic acids is 1. The second kappa shape index (κ2) is 6.76. The zero-order valence-corrected chi connectivity index (χ0v) is 15.4. The van der Waals surface area contributed by atoms with E-state index in [1.807, 2.05) is 42.0 Å². The third kappa shape index (κ3) is 3.17. The number of amides is 1. The molecule has 0 radical (unpaired) electrons. The summed E-state index contributed by atoms with van der Waals surface area (Å²) in [5.41, 5.74) is 1.16. The Morgan fingerprint density at radius 2 is 2.25 bits per heavy atom. The summed E-state index contributed by atoms with van der Waals surface area (Å²) in [5.74, 6) is 0.0355. The van der Waals surface area contributed by atoms with Crippen LogP contribution in [0.25, 0.3) is 5.52 Å². The second-order valence-corrected chi connectivity index (χ2v) is 8.96. The van der Waals surface area contributed by atoms with Gasteiger partial charge in [-0.05, 0) is 31.2 Å². The molecule has 0 bridgehead atoms. The summed E-state index contributed by atoms with van der Waals surface area (Å²) in [6.45, 7) is 2.53. The van der Waals surface area contributed by atoms with Crippen LogP contribution in [0.15, 0.2) is 29.6 Å². The molecule has 24 heavy (non-hydrogen) atoms. The van der Waals surface area contributed by atoms with Crippen molar-refractivity contribution in [3.8, 4) is 0 Å². The van der Waals surface area contributed by atoms with E-state index in [1.165, 1.54) is 11.8 Å². The molecule has 0 aromatic carbocycles. The molecular weight excluding hydrogens is 346 g/mol. The van der Waals surface area contributed by atoms with E-state index in [1.54, 1.807) is 4.90 Å². The van der Waals surface area contributed by atoms with E-state index in [9.17, 15) is 13.2 Å². The Morgan fingerprint density at radius 3 is 2.88 bits per heavy atom. The van der Waals surface area contributed by atoms with Crippen molar-refractivity contribution in [2.24, 2.45) is 0 Å². The Kier molecular flexibility index (Phi) is 4.87. The highest BCUT2D eigenvalue weighted by molar-refractivity contribution is 7.98. The number of carbonyl (C=O) groups is 1. The maximum absolute atomic E-state index is 13.1. The van der Waals surface area contributed by atoms with Gasteiger partial charge < -0.3 is 4.90 Å². The quantitative estimate of drug-likeness (QED) is 0.757. The molecule has 8 heteroatoms. The monoisotopic (exact) mass is 367 g/mol. The van der Waals surface area contributed by atoms with Gasteiger partial charge in [-0.3, -0.25) is 9.20 Å². The average Bonchev–Trinajstić information content (AvgIpc) is 3.12. The zero-order valence-electron chi connectivity index (χ0n) is 13.8. The lowest BCUT2D eigenvalue weighted by Gasteiger charge is -2.27. The molecule has 1 amide bonds. The van der Waals surface area contributed by atoms with Crippen LogP contribution in [0.2, 0.25) is 0 Å². The third-order valence-corrected chi connectivity index (χ3v) is 6.68. The maximum atomic E-state index is 13.1. The van der Waals surface area contributed by atoms with E-state index in [2.05, 4.69) is 4.98 Å². The maximum Gasteiger partial charge on any atom is 0.275 e. The van der Waals surface area contributed by atoms with Gasteiger partial charge in [-0.2, -0.15) is 0 Å². The molecule has 0 N–H and O–H groups in total. The lowest BCUT2D eigenvalue weighted by molar-refractivity contribution is 0.0693. The van der Waals surface area contributed by atoms with Crippen molar-refractivity contribution in [1.82, 2.24) is 14.3 Å². The Hall–Kier alpha value is -1.54. The van der Waals surface area contributed by atoms with Gasteiger partial charge in [-0.15, -0.1) is 0 Å².